The van der Waals surface area contributed by atoms with E-state index in [1.54, 1.807) is 12.4 Å². The van der Waals surface area contributed by atoms with Gasteiger partial charge in [0, 0.05) is 57.9 Å². The van der Waals surface area contributed by atoms with Crippen molar-refractivity contribution in [2.24, 2.45) is 7.05 Å². The van der Waals surface area contributed by atoms with Crippen LogP contribution in [0, 0.1) is 0 Å². The molecule has 1 saturated heterocycles. The van der Waals surface area contributed by atoms with E-state index < -0.39 is 0 Å². The Morgan fingerprint density at radius 2 is 2.19 bits per heavy atom. The molecule has 26 heavy (non-hydrogen) atoms. The molecule has 0 aromatic carbocycles. The van der Waals surface area contributed by atoms with E-state index >= 15 is 0 Å². The van der Waals surface area contributed by atoms with Crippen molar-refractivity contribution in [1.82, 2.24) is 24.8 Å². The fourth-order valence-electron chi connectivity index (χ4n) is 3.52. The highest BCUT2D eigenvalue weighted by atomic mass is 16.2. The smallest absolute Gasteiger partial charge is 0.256 e. The maximum absolute atomic E-state index is 13.1. The second-order valence-corrected chi connectivity index (χ2v) is 6.90. The van der Waals surface area contributed by atoms with Gasteiger partial charge in [-0.25, -0.2) is 9.97 Å². The summed E-state index contributed by atoms with van der Waals surface area (Å²) < 4.78 is 1.97. The van der Waals surface area contributed by atoms with E-state index in [1.165, 1.54) is 0 Å². The van der Waals surface area contributed by atoms with Crippen LogP contribution in [-0.4, -0.2) is 57.6 Å². The summed E-state index contributed by atoms with van der Waals surface area (Å²) >= 11 is 0. The summed E-state index contributed by atoms with van der Waals surface area (Å²) in [5, 5.41) is 3.36. The number of rotatable bonds is 5. The van der Waals surface area contributed by atoms with Crippen LogP contribution in [0.15, 0.2) is 30.7 Å². The van der Waals surface area contributed by atoms with Crippen molar-refractivity contribution in [3.63, 3.8) is 0 Å². The zero-order valence-electron chi connectivity index (χ0n) is 16.0. The van der Waals surface area contributed by atoms with Gasteiger partial charge in [0.05, 0.1) is 5.56 Å². The molecule has 0 spiro atoms. The standard InChI is InChI=1S/C19H28N6O/c1-5-24(14(2)3)17-7-6-15(12-22-17)19(26)25-11-8-20-13-16(25)18-21-9-10-23(18)4/h6-7,9-10,12,14,16,20H,5,8,11,13H2,1-4H3. The van der Waals surface area contributed by atoms with Crippen molar-refractivity contribution in [2.45, 2.75) is 32.9 Å². The Labute approximate surface area is 155 Å². The normalized spacial score (nSPS) is 17.6. The number of anilines is 1. The maximum atomic E-state index is 13.1. The summed E-state index contributed by atoms with van der Waals surface area (Å²) in [7, 11) is 1.96. The van der Waals surface area contributed by atoms with Crippen molar-refractivity contribution in [2.75, 3.05) is 31.1 Å². The van der Waals surface area contributed by atoms with E-state index in [2.05, 4.69) is 41.0 Å². The second-order valence-electron chi connectivity index (χ2n) is 6.90. The minimum absolute atomic E-state index is 0.00569. The third kappa shape index (κ3) is 3.58. The van der Waals surface area contributed by atoms with E-state index in [9.17, 15) is 4.79 Å². The number of pyridine rings is 1. The second kappa shape index (κ2) is 7.86. The van der Waals surface area contributed by atoms with Crippen LogP contribution in [0.1, 0.15) is 43.0 Å². The first-order valence-corrected chi connectivity index (χ1v) is 9.24. The van der Waals surface area contributed by atoms with Gasteiger partial charge in [0.2, 0.25) is 0 Å². The van der Waals surface area contributed by atoms with E-state index in [-0.39, 0.29) is 11.9 Å². The minimum Gasteiger partial charge on any atom is -0.354 e. The average molecular weight is 356 g/mol. The van der Waals surface area contributed by atoms with Gasteiger partial charge in [-0.2, -0.15) is 0 Å². The van der Waals surface area contributed by atoms with Crippen LogP contribution in [0.5, 0.6) is 0 Å². The van der Waals surface area contributed by atoms with Crippen molar-refractivity contribution in [3.8, 4) is 0 Å². The zero-order valence-corrected chi connectivity index (χ0v) is 16.0. The molecule has 1 atom stereocenters. The van der Waals surface area contributed by atoms with Gasteiger partial charge in [0.1, 0.15) is 17.7 Å². The summed E-state index contributed by atoms with van der Waals surface area (Å²) in [4.78, 5) is 26.2. The Morgan fingerprint density at radius 3 is 2.77 bits per heavy atom. The predicted molar refractivity (Wildman–Crippen MR) is 102 cm³/mol. The number of aryl methyl sites for hydroxylation is 1. The van der Waals surface area contributed by atoms with Crippen molar-refractivity contribution < 1.29 is 4.79 Å². The van der Waals surface area contributed by atoms with Gasteiger partial charge in [0.25, 0.3) is 5.91 Å². The molecule has 1 unspecified atom stereocenters. The number of imidazole rings is 1. The number of hydrogen-bond acceptors (Lipinski definition) is 5. The summed E-state index contributed by atoms with van der Waals surface area (Å²) in [5.41, 5.74) is 0.620. The molecule has 1 aliphatic rings. The van der Waals surface area contributed by atoms with E-state index in [1.807, 2.05) is 34.8 Å². The summed E-state index contributed by atoms with van der Waals surface area (Å²) in [6.07, 6.45) is 5.38. The third-order valence-electron chi connectivity index (χ3n) is 4.91. The summed E-state index contributed by atoms with van der Waals surface area (Å²) in [6.45, 7) is 9.43. The van der Waals surface area contributed by atoms with E-state index in [0.29, 0.717) is 24.7 Å². The lowest BCUT2D eigenvalue weighted by Crippen LogP contribution is -2.49. The minimum atomic E-state index is -0.0706. The molecule has 1 N–H and O–H groups in total. The largest absolute Gasteiger partial charge is 0.354 e. The number of carbonyl (C=O) groups is 1. The van der Waals surface area contributed by atoms with Gasteiger partial charge in [-0.15, -0.1) is 0 Å². The molecule has 140 valence electrons. The first-order valence-electron chi connectivity index (χ1n) is 9.24. The molecule has 1 amide bonds. The number of nitrogens with one attached hydrogen (secondary N) is 1. The van der Waals surface area contributed by atoms with Crippen LogP contribution in [-0.2, 0) is 7.05 Å². The molecule has 0 aliphatic carbocycles. The van der Waals surface area contributed by atoms with Gasteiger partial charge >= 0.3 is 0 Å². The first-order chi connectivity index (χ1) is 12.5. The molecule has 3 rings (SSSR count). The molecular formula is C19H28N6O. The maximum Gasteiger partial charge on any atom is 0.256 e. The lowest BCUT2D eigenvalue weighted by Gasteiger charge is -2.35. The van der Waals surface area contributed by atoms with Crippen LogP contribution in [0.4, 0.5) is 5.82 Å². The fraction of sp³-hybridized carbons (Fsp3) is 0.526. The van der Waals surface area contributed by atoms with Gasteiger partial charge in [-0.1, -0.05) is 0 Å². The number of hydrogen-bond donors (Lipinski definition) is 1. The predicted octanol–water partition coefficient (Wildman–Crippen LogP) is 1.84. The van der Waals surface area contributed by atoms with E-state index in [4.69, 9.17) is 0 Å². The molecule has 2 aromatic heterocycles. The van der Waals surface area contributed by atoms with Crippen LogP contribution in [0.3, 0.4) is 0 Å². The third-order valence-corrected chi connectivity index (χ3v) is 4.91. The monoisotopic (exact) mass is 356 g/mol. The van der Waals surface area contributed by atoms with Crippen LogP contribution >= 0.6 is 0 Å². The summed E-state index contributed by atoms with van der Waals surface area (Å²) in [6, 6.07) is 4.12. The number of piperazine rings is 1. The Hall–Kier alpha value is -2.41. The van der Waals surface area contributed by atoms with Crippen molar-refractivity contribution in [3.05, 3.63) is 42.1 Å². The van der Waals surface area contributed by atoms with Crippen molar-refractivity contribution in [1.29, 1.82) is 0 Å². The molecular weight excluding hydrogens is 328 g/mol. The Bertz CT molecular complexity index is 739. The highest BCUT2D eigenvalue weighted by molar-refractivity contribution is 5.94. The molecule has 0 bridgehead atoms. The van der Waals surface area contributed by atoms with Gasteiger partial charge in [-0.3, -0.25) is 4.79 Å². The lowest BCUT2D eigenvalue weighted by molar-refractivity contribution is 0.0620. The van der Waals surface area contributed by atoms with Crippen LogP contribution in [0.25, 0.3) is 0 Å². The van der Waals surface area contributed by atoms with Crippen LogP contribution in [0.2, 0.25) is 0 Å². The van der Waals surface area contributed by atoms with Crippen molar-refractivity contribution >= 4 is 11.7 Å². The molecule has 0 saturated carbocycles. The molecule has 7 nitrogen and oxygen atoms in total. The molecule has 7 heteroatoms. The molecule has 1 aliphatic heterocycles. The fourth-order valence-corrected chi connectivity index (χ4v) is 3.52. The number of amides is 1. The molecule has 0 radical (unpaired) electrons. The van der Waals surface area contributed by atoms with Crippen LogP contribution < -0.4 is 10.2 Å². The Morgan fingerprint density at radius 1 is 1.38 bits per heavy atom. The molecule has 1 fully saturated rings. The first kappa shape index (κ1) is 18.4. The van der Waals surface area contributed by atoms with E-state index in [0.717, 1.165) is 24.7 Å². The number of aromatic nitrogens is 3. The van der Waals surface area contributed by atoms with Gasteiger partial charge in [0.15, 0.2) is 0 Å². The highest BCUT2D eigenvalue weighted by Gasteiger charge is 2.31. The number of carbonyl (C=O) groups excluding carboxylic acids is 1. The quantitative estimate of drug-likeness (QED) is 0.885. The topological polar surface area (TPSA) is 66.3 Å². The highest BCUT2D eigenvalue weighted by Crippen LogP contribution is 2.23. The summed E-state index contributed by atoms with van der Waals surface area (Å²) in [5.74, 6) is 1.80. The molecule has 2 aromatic rings. The zero-order chi connectivity index (χ0) is 18.7. The average Bonchev–Trinajstić information content (AvgIpc) is 3.08. The SMILES string of the molecule is CCN(c1ccc(C(=O)N2CCNCC2c2nccn2C)cn1)C(C)C. The lowest BCUT2D eigenvalue weighted by atomic mass is 10.1. The molecule has 3 heterocycles. The van der Waals surface area contributed by atoms with Gasteiger partial charge < -0.3 is 19.7 Å². The Balaban J connectivity index is 1.82. The van der Waals surface area contributed by atoms with Gasteiger partial charge in [-0.05, 0) is 32.9 Å². The number of nitrogens with zero attached hydrogens (tertiary/aromatic N) is 5. The Kier molecular flexibility index (Phi) is 5.56.